The molecule has 1 aliphatic rings. The van der Waals surface area contributed by atoms with Crippen molar-refractivity contribution in [3.8, 4) is 0 Å². The number of carbonyl (C=O) groups is 1. The van der Waals surface area contributed by atoms with Gasteiger partial charge in [-0.25, -0.2) is 14.2 Å². The van der Waals surface area contributed by atoms with Crippen LogP contribution in [0.5, 0.6) is 0 Å². The van der Waals surface area contributed by atoms with Crippen molar-refractivity contribution in [1.82, 2.24) is 19.4 Å². The lowest BCUT2D eigenvalue weighted by Gasteiger charge is -2.33. The van der Waals surface area contributed by atoms with Crippen LogP contribution in [0, 0.1) is 5.82 Å². The van der Waals surface area contributed by atoms with E-state index in [0.29, 0.717) is 31.0 Å². The Morgan fingerprint density at radius 2 is 2.13 bits per heavy atom. The number of hydrogen-bond donors (Lipinski definition) is 1. The van der Waals surface area contributed by atoms with Crippen LogP contribution in [0.2, 0.25) is 0 Å². The lowest BCUT2D eigenvalue weighted by molar-refractivity contribution is -0.136. The van der Waals surface area contributed by atoms with E-state index in [9.17, 15) is 18.8 Å². The van der Waals surface area contributed by atoms with Gasteiger partial charge in [0.1, 0.15) is 24.2 Å². The van der Waals surface area contributed by atoms with E-state index >= 15 is 0 Å². The Hall–Kier alpha value is -3.49. The minimum atomic E-state index is -0.627. The van der Waals surface area contributed by atoms with Crippen LogP contribution in [0.25, 0.3) is 0 Å². The number of aromatic nitrogens is 3. The maximum absolute atomic E-state index is 13.4. The number of benzene rings is 1. The molecule has 0 bridgehead atoms. The molecule has 30 heavy (non-hydrogen) atoms. The van der Waals surface area contributed by atoms with Crippen LogP contribution in [-0.4, -0.2) is 31.9 Å². The Morgan fingerprint density at radius 1 is 1.27 bits per heavy atom. The molecular formula is C21H21FN4O4. The number of aromatic amines is 1. The van der Waals surface area contributed by atoms with E-state index in [0.717, 1.165) is 18.4 Å². The quantitative estimate of drug-likeness (QED) is 0.691. The average Bonchev–Trinajstić information content (AvgIpc) is 3.18. The largest absolute Gasteiger partial charge is 0.443 e. The van der Waals surface area contributed by atoms with Gasteiger partial charge in [-0.1, -0.05) is 12.1 Å². The van der Waals surface area contributed by atoms with Gasteiger partial charge in [0.25, 0.3) is 5.56 Å². The van der Waals surface area contributed by atoms with E-state index in [1.54, 1.807) is 17.2 Å². The van der Waals surface area contributed by atoms with Crippen molar-refractivity contribution < 1.29 is 13.6 Å². The first-order valence-corrected chi connectivity index (χ1v) is 9.78. The van der Waals surface area contributed by atoms with Crippen LogP contribution in [0.1, 0.15) is 42.5 Å². The number of hydrogen-bond acceptors (Lipinski definition) is 5. The van der Waals surface area contributed by atoms with Crippen LogP contribution in [0.15, 0.2) is 56.7 Å². The second-order valence-corrected chi connectivity index (χ2v) is 7.31. The summed E-state index contributed by atoms with van der Waals surface area (Å²) in [6.07, 6.45) is 5.78. The molecule has 1 saturated heterocycles. The fourth-order valence-electron chi connectivity index (χ4n) is 3.70. The fraction of sp³-hybridized carbons (Fsp3) is 0.333. The highest BCUT2D eigenvalue weighted by atomic mass is 19.1. The van der Waals surface area contributed by atoms with Gasteiger partial charge < -0.3 is 9.32 Å². The Bertz CT molecular complexity index is 1170. The zero-order chi connectivity index (χ0) is 21.1. The van der Waals surface area contributed by atoms with Crippen molar-refractivity contribution in [3.63, 3.8) is 0 Å². The number of likely N-dealkylation sites (tertiary alicyclic amines) is 1. The number of H-pyrrole nitrogens is 1. The van der Waals surface area contributed by atoms with E-state index < -0.39 is 11.2 Å². The lowest BCUT2D eigenvalue weighted by Crippen LogP contribution is -2.42. The summed E-state index contributed by atoms with van der Waals surface area (Å²) >= 11 is 0. The van der Waals surface area contributed by atoms with Gasteiger partial charge in [0.2, 0.25) is 11.8 Å². The molecule has 1 amide bonds. The lowest BCUT2D eigenvalue weighted by atomic mass is 10.0. The SMILES string of the molecule is O=C(Cn1ccc(=O)[nH]c1=O)N1CCCCC1c1ncc(Cc2cccc(F)c2)o1. The summed E-state index contributed by atoms with van der Waals surface area (Å²) < 4.78 is 20.5. The van der Waals surface area contributed by atoms with E-state index in [-0.39, 0.29) is 24.3 Å². The number of nitrogens with zero attached hydrogens (tertiary/aromatic N) is 3. The zero-order valence-corrected chi connectivity index (χ0v) is 16.2. The van der Waals surface area contributed by atoms with Gasteiger partial charge in [-0.3, -0.25) is 19.1 Å². The summed E-state index contributed by atoms with van der Waals surface area (Å²) in [4.78, 5) is 44.2. The van der Waals surface area contributed by atoms with Gasteiger partial charge in [0, 0.05) is 25.2 Å². The molecule has 1 atom stereocenters. The van der Waals surface area contributed by atoms with Crippen molar-refractivity contribution in [2.45, 2.75) is 38.3 Å². The maximum Gasteiger partial charge on any atom is 0.328 e. The summed E-state index contributed by atoms with van der Waals surface area (Å²) in [5.41, 5.74) is -0.366. The van der Waals surface area contributed by atoms with Crippen LogP contribution in [0.3, 0.4) is 0 Å². The van der Waals surface area contributed by atoms with Gasteiger partial charge >= 0.3 is 5.69 Å². The third kappa shape index (κ3) is 4.40. The predicted molar refractivity (Wildman–Crippen MR) is 105 cm³/mol. The van der Waals surface area contributed by atoms with Gasteiger partial charge in [-0.15, -0.1) is 0 Å². The van der Waals surface area contributed by atoms with Crippen LogP contribution in [0.4, 0.5) is 4.39 Å². The first-order valence-electron chi connectivity index (χ1n) is 9.78. The normalized spacial score (nSPS) is 16.6. The average molecular weight is 412 g/mol. The summed E-state index contributed by atoms with van der Waals surface area (Å²) in [5, 5.41) is 0. The topological polar surface area (TPSA) is 101 Å². The predicted octanol–water partition coefficient (Wildman–Crippen LogP) is 2.01. The summed E-state index contributed by atoms with van der Waals surface area (Å²) in [7, 11) is 0. The minimum absolute atomic E-state index is 0.178. The molecule has 0 aliphatic carbocycles. The zero-order valence-electron chi connectivity index (χ0n) is 16.2. The van der Waals surface area contributed by atoms with Gasteiger partial charge in [-0.05, 0) is 37.0 Å². The van der Waals surface area contributed by atoms with Crippen molar-refractivity contribution in [2.75, 3.05) is 6.54 Å². The Labute approximate surface area is 171 Å². The van der Waals surface area contributed by atoms with Crippen molar-refractivity contribution in [1.29, 1.82) is 0 Å². The number of halogens is 1. The number of nitrogens with one attached hydrogen (secondary N) is 1. The molecule has 9 heteroatoms. The van der Waals surface area contributed by atoms with Gasteiger partial charge in [0.05, 0.1) is 6.20 Å². The number of piperidine rings is 1. The van der Waals surface area contributed by atoms with E-state index in [1.165, 1.54) is 29.0 Å². The molecular weight excluding hydrogens is 391 g/mol. The minimum Gasteiger partial charge on any atom is -0.443 e. The van der Waals surface area contributed by atoms with Crippen molar-refractivity contribution >= 4 is 5.91 Å². The monoisotopic (exact) mass is 412 g/mol. The number of amides is 1. The highest BCUT2D eigenvalue weighted by Crippen LogP contribution is 2.31. The molecule has 1 fully saturated rings. The Morgan fingerprint density at radius 3 is 2.93 bits per heavy atom. The second kappa shape index (κ2) is 8.48. The fourth-order valence-corrected chi connectivity index (χ4v) is 3.70. The molecule has 1 aromatic carbocycles. The third-order valence-electron chi connectivity index (χ3n) is 5.15. The van der Waals surface area contributed by atoms with E-state index in [2.05, 4.69) is 9.97 Å². The Balaban J connectivity index is 1.51. The van der Waals surface area contributed by atoms with Crippen LogP contribution >= 0.6 is 0 Å². The van der Waals surface area contributed by atoms with Gasteiger partial charge in [0.15, 0.2) is 0 Å². The summed E-state index contributed by atoms with van der Waals surface area (Å²) in [6, 6.07) is 7.15. The van der Waals surface area contributed by atoms with Crippen molar-refractivity contribution in [3.05, 3.63) is 86.6 Å². The smallest absolute Gasteiger partial charge is 0.328 e. The first-order chi connectivity index (χ1) is 14.5. The molecule has 1 N–H and O–H groups in total. The molecule has 0 saturated carbocycles. The molecule has 0 radical (unpaired) electrons. The van der Waals surface area contributed by atoms with E-state index in [4.69, 9.17) is 4.42 Å². The highest BCUT2D eigenvalue weighted by molar-refractivity contribution is 5.76. The standard InChI is InChI=1S/C21H21FN4O4/c22-15-5-3-4-14(10-15)11-16-12-23-20(30-16)17-6-1-2-8-26(17)19(28)13-25-9-7-18(27)24-21(25)29/h3-5,7,9-10,12,17H,1-2,6,8,11,13H2,(H,24,27,29). The van der Waals surface area contributed by atoms with Gasteiger partial charge in [-0.2, -0.15) is 0 Å². The number of carbonyl (C=O) groups excluding carboxylic acids is 1. The molecule has 1 aliphatic heterocycles. The molecule has 3 aromatic rings. The molecule has 1 unspecified atom stereocenters. The van der Waals surface area contributed by atoms with Crippen LogP contribution < -0.4 is 11.2 Å². The van der Waals surface area contributed by atoms with E-state index in [1.807, 2.05) is 6.07 Å². The van der Waals surface area contributed by atoms with Crippen LogP contribution in [-0.2, 0) is 17.8 Å². The number of oxazole rings is 1. The summed E-state index contributed by atoms with van der Waals surface area (Å²) in [6.45, 7) is 0.353. The first kappa shape index (κ1) is 19.8. The molecule has 156 valence electrons. The highest BCUT2D eigenvalue weighted by Gasteiger charge is 2.31. The number of rotatable bonds is 5. The molecule has 0 spiro atoms. The molecule has 4 rings (SSSR count). The molecule has 2 aromatic heterocycles. The van der Waals surface area contributed by atoms with Crippen molar-refractivity contribution in [2.24, 2.45) is 0 Å². The second-order valence-electron chi connectivity index (χ2n) is 7.31. The Kier molecular flexibility index (Phi) is 5.60. The molecule has 3 heterocycles. The maximum atomic E-state index is 13.4. The third-order valence-corrected chi connectivity index (χ3v) is 5.15. The molecule has 8 nitrogen and oxygen atoms in total. The summed E-state index contributed by atoms with van der Waals surface area (Å²) in [5.74, 6) is 0.459.